The quantitative estimate of drug-likeness (QED) is 0.518. The highest BCUT2D eigenvalue weighted by Gasteiger charge is 2.16. The summed E-state index contributed by atoms with van der Waals surface area (Å²) in [6.07, 6.45) is 1.00. The van der Waals surface area contributed by atoms with Gasteiger partial charge in [-0.1, -0.05) is 0 Å². The number of nitrogens with zero attached hydrogens (tertiary/aromatic N) is 1. The summed E-state index contributed by atoms with van der Waals surface area (Å²) < 4.78 is 71.5. The largest absolute Gasteiger partial charge is 0.441 e. The summed E-state index contributed by atoms with van der Waals surface area (Å²) in [5.41, 5.74) is -0.496. The summed E-state index contributed by atoms with van der Waals surface area (Å²) in [5, 5.41) is 2.11. The number of rotatable bonds is 5. The summed E-state index contributed by atoms with van der Waals surface area (Å²) in [7, 11) is 0. The molecule has 3 rings (SSSR count). The number of halogens is 5. The van der Waals surface area contributed by atoms with Gasteiger partial charge in [0.2, 0.25) is 5.91 Å². The zero-order valence-electron chi connectivity index (χ0n) is 13.5. The van der Waals surface area contributed by atoms with E-state index in [-0.39, 0.29) is 30.1 Å². The fraction of sp³-hybridized carbons (Fsp3) is 0.111. The molecule has 0 unspecified atom stereocenters. The van der Waals surface area contributed by atoms with Gasteiger partial charge >= 0.3 is 0 Å². The van der Waals surface area contributed by atoms with E-state index in [2.05, 4.69) is 10.3 Å². The second kappa shape index (κ2) is 7.56. The minimum atomic E-state index is -1.69. The number of nitrogens with one attached hydrogen (secondary N) is 1. The number of hydrogen-bond donors (Lipinski definition) is 1. The zero-order chi connectivity index (χ0) is 19.6. The van der Waals surface area contributed by atoms with Gasteiger partial charge in [-0.2, -0.15) is 0 Å². The summed E-state index contributed by atoms with van der Waals surface area (Å²) in [5.74, 6) is -6.68. The van der Waals surface area contributed by atoms with E-state index in [4.69, 9.17) is 4.42 Å². The average Bonchev–Trinajstić information content (AvgIpc) is 3.09. The van der Waals surface area contributed by atoms with Crippen LogP contribution in [-0.2, 0) is 11.2 Å². The lowest BCUT2D eigenvalue weighted by atomic mass is 10.2. The molecule has 1 aromatic heterocycles. The number of aryl methyl sites for hydroxylation is 1. The summed E-state index contributed by atoms with van der Waals surface area (Å²) in [6.45, 7) is 0. The Morgan fingerprint density at radius 1 is 1.00 bits per heavy atom. The molecule has 0 spiro atoms. The maximum absolute atomic E-state index is 13.7. The molecule has 0 atom stereocenters. The minimum Gasteiger partial charge on any atom is -0.441 e. The Morgan fingerprint density at radius 2 is 1.78 bits per heavy atom. The number of amides is 1. The van der Waals surface area contributed by atoms with Crippen LogP contribution in [0.25, 0.3) is 11.3 Å². The highest BCUT2D eigenvalue weighted by molar-refractivity contribution is 5.90. The van der Waals surface area contributed by atoms with Gasteiger partial charge in [-0.25, -0.2) is 26.9 Å². The van der Waals surface area contributed by atoms with Gasteiger partial charge < -0.3 is 9.73 Å². The molecule has 1 N–H and O–H groups in total. The summed E-state index contributed by atoms with van der Waals surface area (Å²) in [4.78, 5) is 15.7. The van der Waals surface area contributed by atoms with E-state index in [0.717, 1.165) is 12.1 Å². The Balaban J connectivity index is 1.63. The SMILES string of the molecule is O=C(CCc1ncc(-c2ccc(F)cc2F)o1)Nc1ccc(F)c(F)c1F. The maximum Gasteiger partial charge on any atom is 0.224 e. The second-order valence-electron chi connectivity index (χ2n) is 5.51. The van der Waals surface area contributed by atoms with Crippen molar-refractivity contribution >= 4 is 11.6 Å². The Labute approximate surface area is 149 Å². The van der Waals surface area contributed by atoms with Crippen molar-refractivity contribution in [2.75, 3.05) is 5.32 Å². The number of aromatic nitrogens is 1. The predicted molar refractivity (Wildman–Crippen MR) is 85.1 cm³/mol. The van der Waals surface area contributed by atoms with Gasteiger partial charge in [-0.15, -0.1) is 0 Å². The molecule has 0 aliphatic heterocycles. The van der Waals surface area contributed by atoms with Gasteiger partial charge in [0, 0.05) is 18.9 Å². The molecule has 0 saturated heterocycles. The molecule has 27 heavy (non-hydrogen) atoms. The van der Waals surface area contributed by atoms with E-state index in [9.17, 15) is 26.7 Å². The van der Waals surface area contributed by atoms with Crippen molar-refractivity contribution in [3.63, 3.8) is 0 Å². The van der Waals surface area contributed by atoms with Gasteiger partial charge in [-0.05, 0) is 24.3 Å². The standard InChI is InChI=1S/C18H11F5N2O2/c19-9-1-2-10(12(21)7-9)14-8-24-16(27-14)6-5-15(26)25-13-4-3-11(20)17(22)18(13)23/h1-4,7-8H,5-6H2,(H,25,26). The number of oxazole rings is 1. The Bertz CT molecular complexity index is 1000. The van der Waals surface area contributed by atoms with Gasteiger partial charge in [0.1, 0.15) is 11.6 Å². The fourth-order valence-corrected chi connectivity index (χ4v) is 2.30. The monoisotopic (exact) mass is 382 g/mol. The van der Waals surface area contributed by atoms with Gasteiger partial charge in [0.15, 0.2) is 29.1 Å². The third-order valence-electron chi connectivity index (χ3n) is 3.63. The van der Waals surface area contributed by atoms with Crippen LogP contribution in [0.5, 0.6) is 0 Å². The molecule has 140 valence electrons. The van der Waals surface area contributed by atoms with Crippen molar-refractivity contribution in [2.24, 2.45) is 0 Å². The first-order chi connectivity index (χ1) is 12.8. The molecular formula is C18H11F5N2O2. The highest BCUT2D eigenvalue weighted by atomic mass is 19.2. The molecule has 0 aliphatic carbocycles. The van der Waals surface area contributed by atoms with Gasteiger partial charge in [0.05, 0.1) is 17.4 Å². The van der Waals surface area contributed by atoms with Crippen molar-refractivity contribution in [1.82, 2.24) is 4.98 Å². The lowest BCUT2D eigenvalue weighted by Crippen LogP contribution is -2.14. The molecule has 0 aliphatic rings. The molecule has 2 aromatic carbocycles. The van der Waals surface area contributed by atoms with Crippen LogP contribution in [0.4, 0.5) is 27.6 Å². The highest BCUT2D eigenvalue weighted by Crippen LogP contribution is 2.25. The Kier molecular flexibility index (Phi) is 5.20. The Hall–Kier alpha value is -3.23. The van der Waals surface area contributed by atoms with Crippen LogP contribution in [0.1, 0.15) is 12.3 Å². The zero-order valence-corrected chi connectivity index (χ0v) is 13.5. The number of benzene rings is 2. The summed E-state index contributed by atoms with van der Waals surface area (Å²) in [6, 6.07) is 4.52. The van der Waals surface area contributed by atoms with Crippen molar-refractivity contribution in [3.8, 4) is 11.3 Å². The first kappa shape index (κ1) is 18.6. The van der Waals surface area contributed by atoms with E-state index < -0.39 is 40.7 Å². The Morgan fingerprint density at radius 3 is 2.52 bits per heavy atom. The maximum atomic E-state index is 13.7. The number of carbonyl (C=O) groups is 1. The predicted octanol–water partition coefficient (Wildman–Crippen LogP) is 4.61. The van der Waals surface area contributed by atoms with Gasteiger partial charge in [-0.3, -0.25) is 4.79 Å². The van der Waals surface area contributed by atoms with E-state index in [1.807, 2.05) is 0 Å². The minimum absolute atomic E-state index is 0.00320. The topological polar surface area (TPSA) is 55.1 Å². The van der Waals surface area contributed by atoms with Crippen molar-refractivity contribution < 1.29 is 31.2 Å². The van der Waals surface area contributed by atoms with E-state index >= 15 is 0 Å². The van der Waals surface area contributed by atoms with Crippen molar-refractivity contribution in [1.29, 1.82) is 0 Å². The van der Waals surface area contributed by atoms with Crippen LogP contribution in [-0.4, -0.2) is 10.9 Å². The molecule has 4 nitrogen and oxygen atoms in total. The van der Waals surface area contributed by atoms with Crippen LogP contribution >= 0.6 is 0 Å². The third-order valence-corrected chi connectivity index (χ3v) is 3.63. The van der Waals surface area contributed by atoms with Crippen LogP contribution < -0.4 is 5.32 Å². The first-order valence-electron chi connectivity index (χ1n) is 7.68. The van der Waals surface area contributed by atoms with Crippen LogP contribution in [0, 0.1) is 29.1 Å². The molecule has 9 heteroatoms. The summed E-state index contributed by atoms with van der Waals surface area (Å²) >= 11 is 0. The fourth-order valence-electron chi connectivity index (χ4n) is 2.30. The molecule has 1 heterocycles. The lowest BCUT2D eigenvalue weighted by molar-refractivity contribution is -0.116. The van der Waals surface area contributed by atoms with E-state index in [0.29, 0.717) is 12.1 Å². The second-order valence-corrected chi connectivity index (χ2v) is 5.51. The molecule has 3 aromatic rings. The molecule has 0 bridgehead atoms. The van der Waals surface area contributed by atoms with Crippen molar-refractivity contribution in [2.45, 2.75) is 12.8 Å². The van der Waals surface area contributed by atoms with Crippen molar-refractivity contribution in [3.05, 3.63) is 71.5 Å². The number of anilines is 1. The van der Waals surface area contributed by atoms with Crippen LogP contribution in [0.15, 0.2) is 40.9 Å². The number of carbonyl (C=O) groups excluding carboxylic acids is 1. The van der Waals surface area contributed by atoms with Crippen LogP contribution in [0.2, 0.25) is 0 Å². The lowest BCUT2D eigenvalue weighted by Gasteiger charge is -2.06. The first-order valence-corrected chi connectivity index (χ1v) is 7.68. The molecule has 0 radical (unpaired) electrons. The molecule has 0 fully saturated rings. The molecular weight excluding hydrogens is 371 g/mol. The number of hydrogen-bond acceptors (Lipinski definition) is 3. The molecule has 0 saturated carbocycles. The van der Waals surface area contributed by atoms with Crippen LogP contribution in [0.3, 0.4) is 0 Å². The van der Waals surface area contributed by atoms with Gasteiger partial charge in [0.25, 0.3) is 0 Å². The third kappa shape index (κ3) is 4.13. The molecule has 1 amide bonds. The van der Waals surface area contributed by atoms with E-state index in [1.165, 1.54) is 12.3 Å². The average molecular weight is 382 g/mol. The van der Waals surface area contributed by atoms with E-state index in [1.54, 1.807) is 0 Å². The smallest absolute Gasteiger partial charge is 0.224 e. The normalized spacial score (nSPS) is 10.9.